The third kappa shape index (κ3) is 5.01. The smallest absolute Gasteiger partial charge is 0.338 e. The first-order valence-electron chi connectivity index (χ1n) is 8.45. The first kappa shape index (κ1) is 20.3. The molecule has 144 valence electrons. The fraction of sp³-hybridized carbons (Fsp3) is 0.368. The van der Waals surface area contributed by atoms with Crippen LogP contribution >= 0.6 is 0 Å². The van der Waals surface area contributed by atoms with Gasteiger partial charge in [0.05, 0.1) is 10.5 Å². The molecule has 0 aliphatic rings. The first-order chi connectivity index (χ1) is 12.8. The number of carbonyl (C=O) groups is 2. The second kappa shape index (κ2) is 9.09. The van der Waals surface area contributed by atoms with E-state index >= 15 is 0 Å². The number of nitrogens with zero attached hydrogens (tertiary/aromatic N) is 2. The highest BCUT2D eigenvalue weighted by atomic mass is 16.6. The lowest BCUT2D eigenvalue weighted by Crippen LogP contribution is -2.15. The van der Waals surface area contributed by atoms with Crippen LogP contribution in [0.4, 0.5) is 5.69 Å². The van der Waals surface area contributed by atoms with Crippen LogP contribution in [0.15, 0.2) is 30.3 Å². The zero-order chi connectivity index (χ0) is 20.0. The van der Waals surface area contributed by atoms with Crippen molar-refractivity contribution in [2.45, 2.75) is 26.8 Å². The summed E-state index contributed by atoms with van der Waals surface area (Å²) in [6.07, 6.45) is 0.829. The number of carbonyl (C=O) groups excluding carboxylic acids is 2. The number of non-ortho nitro benzene ring substituents is 1. The van der Waals surface area contributed by atoms with E-state index in [1.54, 1.807) is 13.2 Å². The number of ketones is 1. The number of methoxy groups -OCH3 is 1. The van der Waals surface area contributed by atoms with Crippen molar-refractivity contribution in [2.24, 2.45) is 0 Å². The van der Waals surface area contributed by atoms with Crippen LogP contribution in [0.25, 0.3) is 0 Å². The molecular weight excluding hydrogens is 352 g/mol. The van der Waals surface area contributed by atoms with Gasteiger partial charge in [-0.2, -0.15) is 0 Å². The van der Waals surface area contributed by atoms with Crippen molar-refractivity contribution in [1.82, 2.24) is 4.57 Å². The van der Waals surface area contributed by atoms with Gasteiger partial charge in [0.15, 0.2) is 6.61 Å². The molecule has 1 aromatic carbocycles. The van der Waals surface area contributed by atoms with Crippen LogP contribution < -0.4 is 0 Å². The predicted octanol–water partition coefficient (Wildman–Crippen LogP) is 3.09. The minimum Gasteiger partial charge on any atom is -0.454 e. The summed E-state index contributed by atoms with van der Waals surface area (Å²) in [6.45, 7) is 4.75. The Bertz CT molecular complexity index is 839. The van der Waals surface area contributed by atoms with Gasteiger partial charge in [-0.15, -0.1) is 0 Å². The van der Waals surface area contributed by atoms with Gasteiger partial charge in [-0.05, 0) is 38.5 Å². The van der Waals surface area contributed by atoms with E-state index in [9.17, 15) is 19.7 Å². The molecule has 0 radical (unpaired) electrons. The lowest BCUT2D eigenvalue weighted by molar-refractivity contribution is -0.384. The Morgan fingerprint density at radius 1 is 1.19 bits per heavy atom. The Balaban J connectivity index is 1.99. The van der Waals surface area contributed by atoms with Crippen LogP contribution in [0.3, 0.4) is 0 Å². The number of aryl methyl sites for hydroxylation is 1. The summed E-state index contributed by atoms with van der Waals surface area (Å²) in [4.78, 5) is 34.5. The summed E-state index contributed by atoms with van der Waals surface area (Å²) in [5.41, 5.74) is 2.32. The van der Waals surface area contributed by atoms with Crippen LogP contribution in [0, 0.1) is 24.0 Å². The molecule has 8 nitrogen and oxygen atoms in total. The summed E-state index contributed by atoms with van der Waals surface area (Å²) in [5.74, 6) is -0.997. The molecule has 8 heteroatoms. The van der Waals surface area contributed by atoms with Crippen molar-refractivity contribution in [3.05, 3.63) is 63.0 Å². The maximum Gasteiger partial charge on any atom is 0.338 e. The molecule has 0 bridgehead atoms. The van der Waals surface area contributed by atoms with Crippen LogP contribution in [0.5, 0.6) is 0 Å². The van der Waals surface area contributed by atoms with Crippen LogP contribution in [0.1, 0.15) is 38.5 Å². The average Bonchev–Trinajstić information content (AvgIpc) is 2.94. The Kier molecular flexibility index (Phi) is 6.84. The van der Waals surface area contributed by atoms with Gasteiger partial charge < -0.3 is 14.0 Å². The monoisotopic (exact) mass is 374 g/mol. The number of nitro groups is 1. The average molecular weight is 374 g/mol. The van der Waals surface area contributed by atoms with Crippen molar-refractivity contribution in [3.63, 3.8) is 0 Å². The van der Waals surface area contributed by atoms with E-state index in [1.165, 1.54) is 24.3 Å². The molecule has 1 heterocycles. The topological polar surface area (TPSA) is 101 Å². The number of hydrogen-bond donors (Lipinski definition) is 0. The number of aromatic nitrogens is 1. The molecule has 0 saturated heterocycles. The second-order valence-electron chi connectivity index (χ2n) is 6.09. The van der Waals surface area contributed by atoms with Gasteiger partial charge in [-0.25, -0.2) is 4.79 Å². The largest absolute Gasteiger partial charge is 0.454 e. The normalized spacial score (nSPS) is 10.6. The molecule has 0 aliphatic heterocycles. The Morgan fingerprint density at radius 3 is 2.44 bits per heavy atom. The van der Waals surface area contributed by atoms with Crippen molar-refractivity contribution in [2.75, 3.05) is 20.3 Å². The Labute approximate surface area is 156 Å². The van der Waals surface area contributed by atoms with Crippen molar-refractivity contribution in [1.29, 1.82) is 0 Å². The number of nitro benzene ring substituents is 1. The minimum absolute atomic E-state index is 0.122. The van der Waals surface area contributed by atoms with E-state index in [4.69, 9.17) is 9.47 Å². The van der Waals surface area contributed by atoms with E-state index in [0.717, 1.165) is 24.4 Å². The van der Waals surface area contributed by atoms with Gasteiger partial charge in [-0.3, -0.25) is 14.9 Å². The molecule has 0 atom stereocenters. The van der Waals surface area contributed by atoms with Gasteiger partial charge in [0, 0.05) is 49.3 Å². The molecule has 1 aromatic heterocycles. The molecule has 0 fully saturated rings. The van der Waals surface area contributed by atoms with Gasteiger partial charge in [0.1, 0.15) is 0 Å². The van der Waals surface area contributed by atoms with Crippen molar-refractivity contribution < 1.29 is 24.0 Å². The molecule has 27 heavy (non-hydrogen) atoms. The van der Waals surface area contributed by atoms with Crippen molar-refractivity contribution in [3.8, 4) is 0 Å². The lowest BCUT2D eigenvalue weighted by atomic mass is 10.1. The number of hydrogen-bond acceptors (Lipinski definition) is 6. The zero-order valence-corrected chi connectivity index (χ0v) is 15.6. The highest BCUT2D eigenvalue weighted by molar-refractivity contribution is 6.00. The van der Waals surface area contributed by atoms with E-state index in [-0.39, 0.29) is 17.0 Å². The van der Waals surface area contributed by atoms with E-state index in [2.05, 4.69) is 0 Å². The summed E-state index contributed by atoms with van der Waals surface area (Å²) in [7, 11) is 1.64. The number of rotatable bonds is 9. The van der Waals surface area contributed by atoms with E-state index in [0.29, 0.717) is 12.2 Å². The molecule has 0 aliphatic carbocycles. The summed E-state index contributed by atoms with van der Waals surface area (Å²) < 4.78 is 12.1. The van der Waals surface area contributed by atoms with Gasteiger partial charge >= 0.3 is 5.97 Å². The lowest BCUT2D eigenvalue weighted by Gasteiger charge is -2.09. The van der Waals surface area contributed by atoms with E-state index in [1.807, 2.05) is 18.4 Å². The second-order valence-corrected chi connectivity index (χ2v) is 6.09. The summed E-state index contributed by atoms with van der Waals surface area (Å²) in [6, 6.07) is 6.81. The quantitative estimate of drug-likeness (QED) is 0.220. The first-order valence-corrected chi connectivity index (χ1v) is 8.45. The summed E-state index contributed by atoms with van der Waals surface area (Å²) in [5, 5.41) is 10.6. The maximum atomic E-state index is 12.4. The minimum atomic E-state index is -0.702. The molecule has 0 N–H and O–H groups in total. The SMILES string of the molecule is COCCCn1c(C)cc(C(=O)COC(=O)c2ccc([N+](=O)[O-])cc2)c1C. The Hall–Kier alpha value is -3.00. The van der Waals surface area contributed by atoms with Crippen LogP contribution in [-0.2, 0) is 16.0 Å². The molecule has 0 amide bonds. The molecule has 2 rings (SSSR count). The van der Waals surface area contributed by atoms with Crippen LogP contribution in [0.2, 0.25) is 0 Å². The molecular formula is C19H22N2O6. The maximum absolute atomic E-state index is 12.4. The summed E-state index contributed by atoms with van der Waals surface area (Å²) >= 11 is 0. The number of Topliss-reactive ketones (excluding diaryl/α,β-unsaturated/α-hetero) is 1. The van der Waals surface area contributed by atoms with Gasteiger partial charge in [-0.1, -0.05) is 0 Å². The highest BCUT2D eigenvalue weighted by Crippen LogP contribution is 2.17. The molecule has 0 unspecified atom stereocenters. The predicted molar refractivity (Wildman–Crippen MR) is 98.1 cm³/mol. The number of esters is 1. The standard InChI is InChI=1S/C19H22N2O6/c1-13-11-17(14(2)20(13)9-4-10-26-3)18(22)12-27-19(23)15-5-7-16(8-6-15)21(24)25/h5-8,11H,4,9-10,12H2,1-3H3. The number of ether oxygens (including phenoxy) is 2. The Morgan fingerprint density at radius 2 is 1.85 bits per heavy atom. The molecule has 0 spiro atoms. The third-order valence-corrected chi connectivity index (χ3v) is 4.25. The zero-order valence-electron chi connectivity index (χ0n) is 15.6. The fourth-order valence-electron chi connectivity index (χ4n) is 2.81. The molecule has 0 saturated carbocycles. The van der Waals surface area contributed by atoms with E-state index < -0.39 is 17.5 Å². The van der Waals surface area contributed by atoms with Gasteiger partial charge in [0.25, 0.3) is 5.69 Å². The van der Waals surface area contributed by atoms with Crippen LogP contribution in [-0.4, -0.2) is 41.6 Å². The molecule has 2 aromatic rings. The van der Waals surface area contributed by atoms with Gasteiger partial charge in [0.2, 0.25) is 5.78 Å². The number of benzene rings is 1. The van der Waals surface area contributed by atoms with Crippen molar-refractivity contribution >= 4 is 17.4 Å². The highest BCUT2D eigenvalue weighted by Gasteiger charge is 2.18. The third-order valence-electron chi connectivity index (χ3n) is 4.25. The fourth-order valence-corrected chi connectivity index (χ4v) is 2.81.